The molecule has 34 heavy (non-hydrogen) atoms. The number of aryl methyl sites for hydroxylation is 2. The number of carbonyl (C=O) groups is 2. The Morgan fingerprint density at radius 1 is 1.18 bits per heavy atom. The first-order valence-electron chi connectivity index (χ1n) is 11.8. The number of thioether (sulfide) groups is 1. The highest BCUT2D eigenvalue weighted by molar-refractivity contribution is 7.99. The molecule has 10 heteroatoms. The van der Waals surface area contributed by atoms with Gasteiger partial charge in [-0.05, 0) is 57.6 Å². The number of thiophene rings is 2. The van der Waals surface area contributed by atoms with Crippen LogP contribution in [-0.2, 0) is 35.3 Å². The maximum absolute atomic E-state index is 12.9. The van der Waals surface area contributed by atoms with E-state index in [1.54, 1.807) is 18.3 Å². The van der Waals surface area contributed by atoms with Gasteiger partial charge in [-0.1, -0.05) is 25.1 Å². The van der Waals surface area contributed by atoms with Gasteiger partial charge in [-0.15, -0.1) is 32.9 Å². The molecule has 3 aromatic heterocycles. The zero-order chi connectivity index (χ0) is 24.1. The Bertz CT molecular complexity index is 1160. The number of carbonyl (C=O) groups excluding carboxylic acids is 2. The molecular weight excluding hydrogens is 488 g/mol. The Morgan fingerprint density at radius 2 is 2.00 bits per heavy atom. The topological polar surface area (TPSA) is 86.1 Å². The Hall–Kier alpha value is -2.17. The van der Waals surface area contributed by atoms with Gasteiger partial charge in [0.2, 0.25) is 5.91 Å². The van der Waals surface area contributed by atoms with Crippen molar-refractivity contribution in [2.45, 2.75) is 71.0 Å². The molecule has 0 spiro atoms. The van der Waals surface area contributed by atoms with Crippen LogP contribution in [0.1, 0.15) is 65.7 Å². The fraction of sp³-hybridized carbons (Fsp3) is 0.500. The molecule has 4 rings (SSSR count). The Morgan fingerprint density at radius 3 is 2.74 bits per heavy atom. The van der Waals surface area contributed by atoms with Crippen molar-refractivity contribution in [1.82, 2.24) is 14.8 Å². The number of nitrogens with zero attached hydrogens (tertiary/aromatic N) is 3. The summed E-state index contributed by atoms with van der Waals surface area (Å²) in [5.41, 5.74) is 2.67. The maximum atomic E-state index is 12.9. The van der Waals surface area contributed by atoms with E-state index in [0.717, 1.165) is 55.5 Å². The molecule has 182 valence electrons. The summed E-state index contributed by atoms with van der Waals surface area (Å²) in [6, 6.07) is 2.15. The van der Waals surface area contributed by atoms with Crippen LogP contribution in [0.4, 0.5) is 5.00 Å². The van der Waals surface area contributed by atoms with Gasteiger partial charge in [0.25, 0.3) is 0 Å². The molecule has 3 heterocycles. The molecule has 1 amide bonds. The second-order valence-corrected chi connectivity index (χ2v) is 11.1. The molecule has 0 unspecified atom stereocenters. The van der Waals surface area contributed by atoms with Crippen LogP contribution in [0.3, 0.4) is 0 Å². The summed E-state index contributed by atoms with van der Waals surface area (Å²) in [5.74, 6) is 0.505. The van der Waals surface area contributed by atoms with E-state index in [4.69, 9.17) is 4.74 Å². The van der Waals surface area contributed by atoms with Crippen LogP contribution in [0.5, 0.6) is 0 Å². The third-order valence-corrected chi connectivity index (χ3v) is 9.03. The summed E-state index contributed by atoms with van der Waals surface area (Å²) in [5, 5.41) is 15.1. The Balaban J connectivity index is 1.48. The lowest BCUT2D eigenvalue weighted by Crippen LogP contribution is -2.17. The van der Waals surface area contributed by atoms with Gasteiger partial charge in [-0.2, -0.15) is 0 Å². The summed E-state index contributed by atoms with van der Waals surface area (Å²) in [6.45, 7) is 7.02. The molecular formula is C24H30N4O3S3. The first-order valence-corrected chi connectivity index (χ1v) is 14.5. The average Bonchev–Trinajstić information content (AvgIpc) is 3.50. The molecule has 0 aromatic carbocycles. The van der Waals surface area contributed by atoms with Crippen molar-refractivity contribution in [2.75, 3.05) is 17.7 Å². The number of amides is 1. The minimum atomic E-state index is -0.345. The number of anilines is 1. The van der Waals surface area contributed by atoms with Gasteiger partial charge in [0.1, 0.15) is 5.00 Å². The van der Waals surface area contributed by atoms with Crippen molar-refractivity contribution in [2.24, 2.45) is 0 Å². The van der Waals surface area contributed by atoms with E-state index in [1.165, 1.54) is 32.9 Å². The smallest absolute Gasteiger partial charge is 0.341 e. The SMILES string of the molecule is CCOC(=O)c1c(NC(=O)CSc2nnc(-c3csc(CC)c3)n2CC)sc2c1CCCCC2. The summed E-state index contributed by atoms with van der Waals surface area (Å²) < 4.78 is 7.36. The second kappa shape index (κ2) is 11.5. The van der Waals surface area contributed by atoms with Crippen LogP contribution in [-0.4, -0.2) is 39.0 Å². The van der Waals surface area contributed by atoms with Gasteiger partial charge in [-0.3, -0.25) is 4.79 Å². The number of hydrogen-bond donors (Lipinski definition) is 1. The molecule has 7 nitrogen and oxygen atoms in total. The lowest BCUT2D eigenvalue weighted by molar-refractivity contribution is -0.113. The lowest BCUT2D eigenvalue weighted by Gasteiger charge is -2.09. The number of esters is 1. The fourth-order valence-corrected chi connectivity index (χ4v) is 7.03. The van der Waals surface area contributed by atoms with Gasteiger partial charge in [-0.25, -0.2) is 4.79 Å². The first kappa shape index (κ1) is 24.9. The van der Waals surface area contributed by atoms with Gasteiger partial charge in [0.15, 0.2) is 11.0 Å². The standard InChI is InChI=1S/C24H30N4O3S3/c1-4-16-12-15(13-32-16)21-26-27-24(28(21)5-2)33-14-19(29)25-22-20(23(30)31-6-3)17-10-8-7-9-11-18(17)34-22/h12-13H,4-11,14H2,1-3H3,(H,25,29). The number of ether oxygens (including phenoxy) is 1. The minimum absolute atomic E-state index is 0.164. The highest BCUT2D eigenvalue weighted by Gasteiger charge is 2.27. The summed E-state index contributed by atoms with van der Waals surface area (Å²) in [7, 11) is 0. The van der Waals surface area contributed by atoms with E-state index in [0.29, 0.717) is 28.9 Å². The second-order valence-electron chi connectivity index (χ2n) is 8.03. The minimum Gasteiger partial charge on any atom is -0.462 e. The van der Waals surface area contributed by atoms with Crippen molar-refractivity contribution in [3.63, 3.8) is 0 Å². The number of hydrogen-bond acceptors (Lipinski definition) is 8. The number of aromatic nitrogens is 3. The summed E-state index contributed by atoms with van der Waals surface area (Å²) >= 11 is 4.60. The summed E-state index contributed by atoms with van der Waals surface area (Å²) in [4.78, 5) is 28.1. The molecule has 0 bridgehead atoms. The van der Waals surface area contributed by atoms with Gasteiger partial charge in [0, 0.05) is 27.2 Å². The number of fused-ring (bicyclic) bond motifs is 1. The molecule has 1 N–H and O–H groups in total. The maximum Gasteiger partial charge on any atom is 0.341 e. The molecule has 3 aromatic rings. The number of rotatable bonds is 9. The molecule has 0 aliphatic heterocycles. The predicted octanol–water partition coefficient (Wildman–Crippen LogP) is 5.83. The molecule has 0 radical (unpaired) electrons. The van der Waals surface area contributed by atoms with Crippen LogP contribution < -0.4 is 5.32 Å². The largest absolute Gasteiger partial charge is 0.462 e. The van der Waals surface area contributed by atoms with Crippen LogP contribution in [0.2, 0.25) is 0 Å². The summed E-state index contributed by atoms with van der Waals surface area (Å²) in [6.07, 6.45) is 6.12. The fourth-order valence-electron chi connectivity index (χ4n) is 4.12. The zero-order valence-corrected chi connectivity index (χ0v) is 22.3. The quantitative estimate of drug-likeness (QED) is 0.218. The third-order valence-electron chi connectivity index (χ3n) is 5.78. The van der Waals surface area contributed by atoms with Gasteiger partial charge < -0.3 is 14.6 Å². The van der Waals surface area contributed by atoms with Crippen LogP contribution >= 0.6 is 34.4 Å². The lowest BCUT2D eigenvalue weighted by atomic mass is 10.1. The third kappa shape index (κ3) is 5.39. The van der Waals surface area contributed by atoms with Crippen LogP contribution in [0, 0.1) is 0 Å². The predicted molar refractivity (Wildman–Crippen MR) is 139 cm³/mol. The van der Waals surface area contributed by atoms with E-state index < -0.39 is 0 Å². The van der Waals surface area contributed by atoms with Crippen molar-refractivity contribution in [3.8, 4) is 11.4 Å². The van der Waals surface area contributed by atoms with Gasteiger partial charge in [0.05, 0.1) is 17.9 Å². The zero-order valence-electron chi connectivity index (χ0n) is 19.8. The molecule has 0 atom stereocenters. The Kier molecular flexibility index (Phi) is 8.44. The highest BCUT2D eigenvalue weighted by atomic mass is 32.2. The molecule has 0 fully saturated rings. The van der Waals surface area contributed by atoms with Crippen molar-refractivity contribution >= 4 is 51.3 Å². The molecule has 1 aliphatic rings. The molecule has 0 saturated carbocycles. The normalized spacial score (nSPS) is 13.4. The van der Waals surface area contributed by atoms with Crippen LogP contribution in [0.25, 0.3) is 11.4 Å². The van der Waals surface area contributed by atoms with Crippen molar-refractivity contribution in [1.29, 1.82) is 0 Å². The van der Waals surface area contributed by atoms with E-state index in [9.17, 15) is 9.59 Å². The van der Waals surface area contributed by atoms with E-state index in [1.807, 2.05) is 4.57 Å². The first-order chi connectivity index (χ1) is 16.5. The molecule has 1 aliphatic carbocycles. The Labute approximate surface area is 212 Å². The highest BCUT2D eigenvalue weighted by Crippen LogP contribution is 2.38. The number of nitrogens with one attached hydrogen (secondary N) is 1. The molecule has 0 saturated heterocycles. The van der Waals surface area contributed by atoms with E-state index in [2.05, 4.69) is 40.8 Å². The van der Waals surface area contributed by atoms with Gasteiger partial charge >= 0.3 is 5.97 Å². The van der Waals surface area contributed by atoms with E-state index >= 15 is 0 Å². The van der Waals surface area contributed by atoms with Crippen molar-refractivity contribution in [3.05, 3.63) is 32.3 Å². The monoisotopic (exact) mass is 518 g/mol. The van der Waals surface area contributed by atoms with Crippen LogP contribution in [0.15, 0.2) is 16.6 Å². The average molecular weight is 519 g/mol. The van der Waals surface area contributed by atoms with Crippen molar-refractivity contribution < 1.29 is 14.3 Å². The van der Waals surface area contributed by atoms with E-state index in [-0.39, 0.29) is 17.6 Å².